The van der Waals surface area contributed by atoms with Crippen LogP contribution in [0.2, 0.25) is 0 Å². The van der Waals surface area contributed by atoms with Crippen LogP contribution in [0.15, 0.2) is 18.9 Å². The van der Waals surface area contributed by atoms with Crippen molar-refractivity contribution >= 4 is 34.6 Å². The number of carbonyl (C=O) groups excluding carboxylic acids is 4. The standard InChI is InChI=1S/C38H68N6O9S.C5H12.C2H6/c1-10-12-15-50-25-38(26-51-16-13-32(39)46,27-52-17-14-33(47)54-30(5)11-2)41-35(49)29(4)18-28(3)34(48)40-21-36(6,7)23-53-24-37(8,9)22-44-19-31(20-45)42-43-44;1-3-5-4-2;1-2/h10,19,28-30,45H,1,11-18,20-27H2,2-9H3,(H2,39,46)(H,40,48)(H,41,49);3-5H2,1-2H3;1-2H3. The molecule has 15 nitrogen and oxygen atoms in total. The Balaban J connectivity index is 0. The second kappa shape index (κ2) is 34.6. The quantitative estimate of drug-likeness (QED) is 0.0433. The van der Waals surface area contributed by atoms with Gasteiger partial charge in [-0.1, -0.05) is 125 Å². The van der Waals surface area contributed by atoms with E-state index in [4.69, 9.17) is 24.7 Å². The van der Waals surface area contributed by atoms with Gasteiger partial charge in [-0.3, -0.25) is 23.9 Å². The molecule has 1 rings (SSSR count). The van der Waals surface area contributed by atoms with E-state index < -0.39 is 23.3 Å². The van der Waals surface area contributed by atoms with Gasteiger partial charge in [0.05, 0.1) is 65.7 Å². The average molecular weight is 887 g/mol. The van der Waals surface area contributed by atoms with Crippen LogP contribution >= 0.6 is 11.8 Å². The number of nitrogens with two attached hydrogens (primary N) is 1. The van der Waals surface area contributed by atoms with Crippen molar-refractivity contribution < 1.29 is 43.2 Å². The number of rotatable bonds is 33. The van der Waals surface area contributed by atoms with Crippen LogP contribution in [-0.4, -0.2) is 113 Å². The van der Waals surface area contributed by atoms with Crippen LogP contribution in [0.1, 0.15) is 140 Å². The number of amides is 3. The Morgan fingerprint density at radius 3 is 1.93 bits per heavy atom. The summed E-state index contributed by atoms with van der Waals surface area (Å²) in [4.78, 5) is 50.6. The Hall–Kier alpha value is -2.89. The first kappa shape index (κ1) is 60.2. The highest BCUT2D eigenvalue weighted by molar-refractivity contribution is 8.14. The van der Waals surface area contributed by atoms with E-state index in [0.717, 1.165) is 6.42 Å². The number of aromatic nitrogens is 3. The van der Waals surface area contributed by atoms with Gasteiger partial charge in [-0.25, -0.2) is 0 Å². The number of thioether (sulfide) groups is 1. The lowest BCUT2D eigenvalue weighted by atomic mass is 9.91. The van der Waals surface area contributed by atoms with Gasteiger partial charge < -0.3 is 40.4 Å². The maximum absolute atomic E-state index is 13.7. The van der Waals surface area contributed by atoms with Crippen molar-refractivity contribution in [1.29, 1.82) is 0 Å². The van der Waals surface area contributed by atoms with Crippen LogP contribution in [0.4, 0.5) is 0 Å². The Morgan fingerprint density at radius 1 is 0.869 bits per heavy atom. The van der Waals surface area contributed by atoms with Crippen molar-refractivity contribution in [2.24, 2.45) is 28.4 Å². The fourth-order valence-electron chi connectivity index (χ4n) is 5.51. The third kappa shape index (κ3) is 30.7. The highest BCUT2D eigenvalue weighted by Gasteiger charge is 2.36. The average Bonchev–Trinajstić information content (AvgIpc) is 3.66. The maximum atomic E-state index is 13.7. The number of carbonyl (C=O) groups is 4. The fourth-order valence-corrected chi connectivity index (χ4v) is 6.32. The van der Waals surface area contributed by atoms with E-state index in [1.807, 2.05) is 41.5 Å². The molecule has 0 spiro atoms. The van der Waals surface area contributed by atoms with E-state index in [1.165, 1.54) is 31.0 Å². The zero-order valence-electron chi connectivity index (χ0n) is 40.1. The van der Waals surface area contributed by atoms with Crippen LogP contribution in [0.25, 0.3) is 0 Å². The van der Waals surface area contributed by atoms with Crippen LogP contribution in [0.5, 0.6) is 0 Å². The summed E-state index contributed by atoms with van der Waals surface area (Å²) in [7, 11) is 0. The number of aliphatic hydroxyl groups excluding tert-OH is 1. The van der Waals surface area contributed by atoms with Crippen LogP contribution in [-0.2, 0) is 51.3 Å². The molecule has 4 unspecified atom stereocenters. The zero-order valence-corrected chi connectivity index (χ0v) is 40.9. The molecule has 0 aliphatic rings. The predicted molar refractivity (Wildman–Crippen MR) is 246 cm³/mol. The first-order chi connectivity index (χ1) is 28.8. The molecule has 356 valence electrons. The molecule has 1 aromatic rings. The van der Waals surface area contributed by atoms with E-state index in [9.17, 15) is 24.3 Å². The van der Waals surface area contributed by atoms with Gasteiger partial charge in [0.2, 0.25) is 17.7 Å². The van der Waals surface area contributed by atoms with Gasteiger partial charge in [0.25, 0.3) is 0 Å². The van der Waals surface area contributed by atoms with Crippen LogP contribution in [0, 0.1) is 22.7 Å². The molecule has 1 heterocycles. The second-order valence-electron chi connectivity index (χ2n) is 17.2. The number of nitrogens with zero attached hydrogens (tertiary/aromatic N) is 3. The van der Waals surface area contributed by atoms with Crippen molar-refractivity contribution in [3.63, 3.8) is 0 Å². The van der Waals surface area contributed by atoms with Crippen molar-refractivity contribution in [2.45, 2.75) is 158 Å². The summed E-state index contributed by atoms with van der Waals surface area (Å²) in [6.07, 6.45) is 9.47. The van der Waals surface area contributed by atoms with Gasteiger partial charge in [-0.2, -0.15) is 0 Å². The lowest BCUT2D eigenvalue weighted by molar-refractivity contribution is -0.133. The summed E-state index contributed by atoms with van der Waals surface area (Å²) in [5, 5.41) is 23.5. The highest BCUT2D eigenvalue weighted by Crippen LogP contribution is 2.23. The number of hydrogen-bond donors (Lipinski definition) is 4. The molecule has 1 aromatic heterocycles. The molecular weight excluding hydrogens is 801 g/mol. The number of ether oxygens (including phenoxy) is 4. The molecule has 5 N–H and O–H groups in total. The van der Waals surface area contributed by atoms with Gasteiger partial charge in [-0.05, 0) is 19.3 Å². The van der Waals surface area contributed by atoms with Gasteiger partial charge in [0.15, 0.2) is 5.12 Å². The monoisotopic (exact) mass is 887 g/mol. The summed E-state index contributed by atoms with van der Waals surface area (Å²) >= 11 is 1.29. The molecule has 4 atom stereocenters. The van der Waals surface area contributed by atoms with E-state index in [-0.39, 0.29) is 91.9 Å². The van der Waals surface area contributed by atoms with E-state index in [2.05, 4.69) is 55.2 Å². The molecular formula is C45H86N6O9S. The minimum absolute atomic E-state index is 0.00428. The topological polar surface area (TPSA) is 206 Å². The smallest absolute Gasteiger partial charge is 0.223 e. The number of hydrogen-bond acceptors (Lipinski definition) is 12. The van der Waals surface area contributed by atoms with Crippen molar-refractivity contribution in [1.82, 2.24) is 25.6 Å². The van der Waals surface area contributed by atoms with Gasteiger partial charge in [0.1, 0.15) is 11.2 Å². The Bertz CT molecular complexity index is 1340. The lowest BCUT2D eigenvalue weighted by Gasteiger charge is -2.35. The highest BCUT2D eigenvalue weighted by atomic mass is 32.2. The number of primary amides is 1. The normalized spacial score (nSPS) is 13.9. The van der Waals surface area contributed by atoms with Gasteiger partial charge in [0, 0.05) is 53.8 Å². The lowest BCUT2D eigenvalue weighted by Crippen LogP contribution is -2.59. The van der Waals surface area contributed by atoms with E-state index in [1.54, 1.807) is 30.8 Å². The number of aliphatic hydroxyl groups is 1. The second-order valence-corrected chi connectivity index (χ2v) is 18.7. The van der Waals surface area contributed by atoms with Gasteiger partial charge >= 0.3 is 0 Å². The summed E-state index contributed by atoms with van der Waals surface area (Å²) in [6.45, 7) is 30.1. The Morgan fingerprint density at radius 2 is 1.43 bits per heavy atom. The number of nitrogens with one attached hydrogen (secondary N) is 2. The Kier molecular flexibility index (Phi) is 34.1. The third-order valence-electron chi connectivity index (χ3n) is 9.21. The molecule has 16 heteroatoms. The first-order valence-electron chi connectivity index (χ1n) is 22.3. The largest absolute Gasteiger partial charge is 0.390 e. The molecule has 0 fully saturated rings. The third-order valence-corrected chi connectivity index (χ3v) is 10.4. The summed E-state index contributed by atoms with van der Waals surface area (Å²) in [5.41, 5.74) is 4.07. The van der Waals surface area contributed by atoms with E-state index >= 15 is 0 Å². The van der Waals surface area contributed by atoms with Gasteiger partial charge in [-0.15, -0.1) is 11.7 Å². The maximum Gasteiger partial charge on any atom is 0.223 e. The summed E-state index contributed by atoms with van der Waals surface area (Å²) in [5.74, 6) is -2.04. The SMILES string of the molecule is C=CCCOCC(COCCC(N)=O)(COCCC(=O)SC(C)CC)NC(=O)C(C)CC(C)C(=O)NCC(C)(C)COCC(C)(C)Cn1cc(CO)nn1.CC.CCCCC. The zero-order chi connectivity index (χ0) is 46.9. The van der Waals surface area contributed by atoms with E-state index in [0.29, 0.717) is 45.0 Å². The first-order valence-corrected chi connectivity index (χ1v) is 23.1. The summed E-state index contributed by atoms with van der Waals surface area (Å²) < 4.78 is 25.4. The van der Waals surface area contributed by atoms with Crippen molar-refractivity contribution in [3.8, 4) is 0 Å². The predicted octanol–water partition coefficient (Wildman–Crippen LogP) is 6.65. The number of unbranched alkanes of at least 4 members (excludes halogenated alkanes) is 2. The molecule has 0 saturated carbocycles. The van der Waals surface area contributed by atoms with Crippen molar-refractivity contribution in [3.05, 3.63) is 24.5 Å². The molecule has 0 aliphatic heterocycles. The molecule has 0 aromatic carbocycles. The van der Waals surface area contributed by atoms with Crippen LogP contribution in [0.3, 0.4) is 0 Å². The minimum atomic E-state index is -1.14. The molecule has 0 bridgehead atoms. The molecule has 0 saturated heterocycles. The fraction of sp³-hybridized carbons (Fsp3) is 0.822. The van der Waals surface area contributed by atoms with Crippen molar-refractivity contribution in [2.75, 3.05) is 59.4 Å². The molecule has 0 aliphatic carbocycles. The Labute approximate surface area is 373 Å². The van der Waals surface area contributed by atoms with Crippen LogP contribution < -0.4 is 16.4 Å². The summed E-state index contributed by atoms with van der Waals surface area (Å²) in [6, 6.07) is 0. The minimum Gasteiger partial charge on any atom is -0.390 e. The molecule has 61 heavy (non-hydrogen) atoms. The molecule has 0 radical (unpaired) electrons. The molecule has 3 amide bonds.